The van der Waals surface area contributed by atoms with Crippen LogP contribution in [0.2, 0.25) is 0 Å². The summed E-state index contributed by atoms with van der Waals surface area (Å²) >= 11 is 1.41. The smallest absolute Gasteiger partial charge is 0.251 e. The van der Waals surface area contributed by atoms with Crippen LogP contribution in [-0.2, 0) is 11.2 Å². The molecule has 1 rings (SSSR count). The minimum absolute atomic E-state index is 0.117. The summed E-state index contributed by atoms with van der Waals surface area (Å²) in [5.74, 6) is -0.602. The number of nitrogens with one attached hydrogen (secondary N) is 1. The molecule has 0 atom stereocenters. The summed E-state index contributed by atoms with van der Waals surface area (Å²) < 4.78 is 0. The third kappa shape index (κ3) is 2.90. The van der Waals surface area contributed by atoms with Gasteiger partial charge in [-0.2, -0.15) is 0 Å². The molecule has 0 aliphatic carbocycles. The molecule has 1 heterocycles. The van der Waals surface area contributed by atoms with Crippen molar-refractivity contribution < 1.29 is 9.59 Å². The molecule has 0 aliphatic rings. The topological polar surface area (TPSA) is 72.2 Å². The van der Waals surface area contributed by atoms with E-state index in [9.17, 15) is 9.59 Å². The zero-order valence-corrected chi connectivity index (χ0v) is 12.3. The number of aryl methyl sites for hydroxylation is 1. The second-order valence-corrected chi connectivity index (χ2v) is 6.49. The lowest BCUT2D eigenvalue weighted by Gasteiger charge is -2.17. The van der Waals surface area contributed by atoms with Gasteiger partial charge in [-0.25, -0.2) is 0 Å². The first kappa shape index (κ1) is 14.7. The van der Waals surface area contributed by atoms with Crippen molar-refractivity contribution in [3.05, 3.63) is 16.0 Å². The zero-order valence-electron chi connectivity index (χ0n) is 11.5. The van der Waals surface area contributed by atoms with Crippen LogP contribution in [0.1, 0.15) is 48.5 Å². The number of hydrogen-bond acceptors (Lipinski definition) is 3. The summed E-state index contributed by atoms with van der Waals surface area (Å²) in [5.41, 5.74) is 6.29. The van der Waals surface area contributed by atoms with E-state index in [2.05, 4.69) is 5.32 Å². The number of carbonyl (C=O) groups is 2. The van der Waals surface area contributed by atoms with Crippen LogP contribution in [0.5, 0.6) is 0 Å². The number of anilines is 1. The van der Waals surface area contributed by atoms with E-state index in [0.717, 1.165) is 16.9 Å². The first-order chi connectivity index (χ1) is 8.18. The number of carbonyl (C=O) groups excluding carboxylic acids is 2. The summed E-state index contributed by atoms with van der Waals surface area (Å²) in [6.07, 6.45) is 0.728. The average Bonchev–Trinajstić information content (AvgIpc) is 2.52. The van der Waals surface area contributed by atoms with E-state index in [4.69, 9.17) is 5.73 Å². The van der Waals surface area contributed by atoms with Crippen LogP contribution >= 0.6 is 11.3 Å². The molecule has 1 aromatic heterocycles. The van der Waals surface area contributed by atoms with Gasteiger partial charge in [0.1, 0.15) is 5.00 Å². The van der Waals surface area contributed by atoms with E-state index in [0.29, 0.717) is 10.6 Å². The highest BCUT2D eigenvalue weighted by Crippen LogP contribution is 2.34. The van der Waals surface area contributed by atoms with Crippen LogP contribution < -0.4 is 11.1 Å². The lowest BCUT2D eigenvalue weighted by Crippen LogP contribution is -2.28. The van der Waals surface area contributed by atoms with Crippen molar-refractivity contribution in [2.75, 3.05) is 5.32 Å². The largest absolute Gasteiger partial charge is 0.365 e. The Morgan fingerprint density at radius 3 is 2.28 bits per heavy atom. The molecule has 0 spiro atoms. The van der Waals surface area contributed by atoms with E-state index in [-0.39, 0.29) is 5.91 Å². The molecule has 3 N–H and O–H groups in total. The Morgan fingerprint density at radius 1 is 1.33 bits per heavy atom. The second-order valence-electron chi connectivity index (χ2n) is 5.26. The number of primary amides is 1. The van der Waals surface area contributed by atoms with Gasteiger partial charge >= 0.3 is 0 Å². The molecule has 2 amide bonds. The predicted octanol–water partition coefficient (Wildman–Crippen LogP) is 2.70. The van der Waals surface area contributed by atoms with E-state index in [1.54, 1.807) is 0 Å². The summed E-state index contributed by atoms with van der Waals surface area (Å²) in [6, 6.07) is 0. The molecular formula is C13H20N2O2S. The predicted molar refractivity (Wildman–Crippen MR) is 75.0 cm³/mol. The number of hydrogen-bond donors (Lipinski definition) is 2. The van der Waals surface area contributed by atoms with Gasteiger partial charge in [0.05, 0.1) is 5.56 Å². The first-order valence-corrected chi connectivity index (χ1v) is 6.73. The SMILES string of the molecule is CCc1c(C)sc(NC(=O)C(C)(C)C)c1C(N)=O. The maximum atomic E-state index is 12.0. The Morgan fingerprint density at radius 2 is 1.89 bits per heavy atom. The van der Waals surface area contributed by atoms with Crippen LogP contribution in [0, 0.1) is 12.3 Å². The lowest BCUT2D eigenvalue weighted by molar-refractivity contribution is -0.123. The van der Waals surface area contributed by atoms with Crippen LogP contribution in [0.3, 0.4) is 0 Å². The fraction of sp³-hybridized carbons (Fsp3) is 0.538. The molecular weight excluding hydrogens is 248 g/mol. The zero-order chi connectivity index (χ0) is 14.1. The summed E-state index contributed by atoms with van der Waals surface area (Å²) in [6.45, 7) is 9.38. The maximum absolute atomic E-state index is 12.0. The van der Waals surface area contributed by atoms with Gasteiger partial charge in [-0.1, -0.05) is 27.7 Å². The van der Waals surface area contributed by atoms with Gasteiger partial charge in [0.25, 0.3) is 5.91 Å². The molecule has 0 radical (unpaired) electrons. The molecule has 0 aliphatic heterocycles. The Hall–Kier alpha value is -1.36. The van der Waals surface area contributed by atoms with Crippen molar-refractivity contribution in [3.8, 4) is 0 Å². The van der Waals surface area contributed by atoms with E-state index in [1.165, 1.54) is 11.3 Å². The van der Waals surface area contributed by atoms with Gasteiger partial charge in [-0.15, -0.1) is 11.3 Å². The van der Waals surface area contributed by atoms with Crippen LogP contribution in [-0.4, -0.2) is 11.8 Å². The Balaban J connectivity index is 3.18. The quantitative estimate of drug-likeness (QED) is 0.884. The fourth-order valence-corrected chi connectivity index (χ4v) is 2.79. The number of amides is 2. The van der Waals surface area contributed by atoms with Gasteiger partial charge < -0.3 is 11.1 Å². The van der Waals surface area contributed by atoms with Crippen molar-refractivity contribution in [2.45, 2.75) is 41.0 Å². The fourth-order valence-electron chi connectivity index (χ4n) is 1.64. The summed E-state index contributed by atoms with van der Waals surface area (Å²) in [7, 11) is 0. The van der Waals surface area contributed by atoms with Crippen LogP contribution in [0.25, 0.3) is 0 Å². The van der Waals surface area contributed by atoms with E-state index < -0.39 is 11.3 Å². The third-order valence-corrected chi connectivity index (χ3v) is 3.78. The van der Waals surface area contributed by atoms with Crippen molar-refractivity contribution >= 4 is 28.2 Å². The minimum Gasteiger partial charge on any atom is -0.365 e. The summed E-state index contributed by atoms with van der Waals surface area (Å²) in [4.78, 5) is 24.5. The van der Waals surface area contributed by atoms with Gasteiger partial charge in [-0.05, 0) is 18.9 Å². The molecule has 0 fully saturated rings. The Bertz CT molecular complexity index is 484. The normalized spacial score (nSPS) is 11.4. The highest BCUT2D eigenvalue weighted by Gasteiger charge is 2.25. The maximum Gasteiger partial charge on any atom is 0.251 e. The Labute approximate surface area is 112 Å². The number of nitrogens with two attached hydrogens (primary N) is 1. The Kier molecular flexibility index (Phi) is 4.16. The minimum atomic E-state index is -0.501. The molecule has 0 unspecified atom stereocenters. The van der Waals surface area contributed by atoms with Gasteiger partial charge in [0, 0.05) is 10.3 Å². The number of rotatable bonds is 3. The van der Waals surface area contributed by atoms with Gasteiger partial charge in [-0.3, -0.25) is 9.59 Å². The van der Waals surface area contributed by atoms with Crippen molar-refractivity contribution in [1.82, 2.24) is 0 Å². The van der Waals surface area contributed by atoms with Crippen LogP contribution in [0.4, 0.5) is 5.00 Å². The lowest BCUT2D eigenvalue weighted by atomic mass is 9.95. The van der Waals surface area contributed by atoms with Crippen molar-refractivity contribution in [1.29, 1.82) is 0 Å². The van der Waals surface area contributed by atoms with Gasteiger partial charge in [0.2, 0.25) is 5.91 Å². The monoisotopic (exact) mass is 268 g/mol. The number of thiophene rings is 1. The highest BCUT2D eigenvalue weighted by molar-refractivity contribution is 7.16. The van der Waals surface area contributed by atoms with E-state index >= 15 is 0 Å². The average molecular weight is 268 g/mol. The molecule has 0 saturated heterocycles. The van der Waals surface area contributed by atoms with Gasteiger partial charge in [0.15, 0.2) is 0 Å². The molecule has 5 heteroatoms. The molecule has 0 bridgehead atoms. The third-order valence-electron chi connectivity index (χ3n) is 2.72. The standard InChI is InChI=1S/C13H20N2O2S/c1-6-8-7(2)18-11(9(8)10(14)16)15-12(17)13(3,4)5/h6H2,1-5H3,(H2,14,16)(H,15,17). The van der Waals surface area contributed by atoms with Crippen molar-refractivity contribution in [2.24, 2.45) is 11.1 Å². The molecule has 0 saturated carbocycles. The second kappa shape index (κ2) is 5.10. The van der Waals surface area contributed by atoms with E-state index in [1.807, 2.05) is 34.6 Å². The summed E-state index contributed by atoms with van der Waals surface area (Å²) in [5, 5.41) is 3.37. The molecule has 18 heavy (non-hydrogen) atoms. The molecule has 100 valence electrons. The molecule has 4 nitrogen and oxygen atoms in total. The highest BCUT2D eigenvalue weighted by atomic mass is 32.1. The first-order valence-electron chi connectivity index (χ1n) is 5.92. The van der Waals surface area contributed by atoms with Crippen molar-refractivity contribution in [3.63, 3.8) is 0 Å². The molecule has 0 aromatic carbocycles. The molecule has 1 aromatic rings. The van der Waals surface area contributed by atoms with Crippen LogP contribution in [0.15, 0.2) is 0 Å².